The van der Waals surface area contributed by atoms with Crippen LogP contribution in [0.3, 0.4) is 0 Å². The molecule has 0 saturated carbocycles. The van der Waals surface area contributed by atoms with Gasteiger partial charge in [0.15, 0.2) is 0 Å². The topological polar surface area (TPSA) is 43.9 Å². The van der Waals surface area contributed by atoms with Gasteiger partial charge in [-0.2, -0.15) is 0 Å². The molecular weight excluding hydrogens is 1190 g/mol. The summed E-state index contributed by atoms with van der Waals surface area (Å²) in [4.78, 5) is 10.3. The molecule has 4 nitrogen and oxygen atoms in total. The Kier molecular flexibility index (Phi) is 14.1. The molecule has 385 valence electrons. The van der Waals surface area contributed by atoms with Gasteiger partial charge in [-0.3, -0.25) is 4.98 Å². The normalized spacial score (nSPS) is 12.7. The summed E-state index contributed by atoms with van der Waals surface area (Å²) in [5.41, 5.74) is 16.0. The van der Waals surface area contributed by atoms with Crippen LogP contribution < -0.4 is 4.40 Å². The molecule has 0 bridgehead atoms. The fraction of sp³-hybridized carbons (Fsp3) is 0.127. The molecule has 3 aromatic heterocycles. The van der Waals surface area contributed by atoms with Gasteiger partial charge in [-0.15, -0.1) is 17.7 Å². The first-order valence-electron chi connectivity index (χ1n) is 26.9. The van der Waals surface area contributed by atoms with Crippen LogP contribution in [0, 0.1) is 30.8 Å². The molecule has 10 aromatic carbocycles. The van der Waals surface area contributed by atoms with E-state index in [2.05, 4.69) is 236 Å². The maximum absolute atomic E-state index is 13.1. The first-order valence-corrected chi connectivity index (χ1v) is 33.8. The fourth-order valence-corrected chi connectivity index (χ4v) is 14.1. The van der Waals surface area contributed by atoms with Crippen LogP contribution in [-0.4, -0.2) is 27.8 Å². The SMILES string of the molecule is Cc1c[c-]c(-c2nc3c4ccccc4c4ccccc4c3n2-c2cc(-c3ccccc3)ccc2-c2ccccc2)c2oc3cc(-c4ccccc4)ccc3c12.[2H]C(C)(c1cc(-c2[c-]cc(F)cc2)nc[c]1[Ge]([CH3])([CH3])[CH3])C(C)C.[Ir]. The van der Waals surface area contributed by atoms with Crippen molar-refractivity contribution < 1.29 is 30.3 Å². The summed E-state index contributed by atoms with van der Waals surface area (Å²) in [7, 11) is 0. The fourth-order valence-electron chi connectivity index (χ4n) is 10.9. The number of fused-ring (bicyclic) bond motifs is 9. The van der Waals surface area contributed by atoms with Gasteiger partial charge >= 0.3 is 137 Å². The number of halogens is 1. The molecule has 0 fully saturated rings. The molecule has 0 spiro atoms. The predicted molar refractivity (Wildman–Crippen MR) is 323 cm³/mol. The Morgan fingerprint density at radius 3 is 1.82 bits per heavy atom. The minimum Gasteiger partial charge on any atom is 0 e. The molecule has 0 aliphatic carbocycles. The van der Waals surface area contributed by atoms with Gasteiger partial charge in [0.05, 0.1) is 22.4 Å². The van der Waals surface area contributed by atoms with E-state index in [1.54, 1.807) is 6.07 Å². The van der Waals surface area contributed by atoms with E-state index in [4.69, 9.17) is 10.8 Å². The smallest absolute Gasteiger partial charge is 0 e. The Labute approximate surface area is 473 Å². The van der Waals surface area contributed by atoms with Crippen LogP contribution in [0.25, 0.3) is 116 Å². The van der Waals surface area contributed by atoms with Gasteiger partial charge in [0.1, 0.15) is 5.58 Å². The van der Waals surface area contributed by atoms with Gasteiger partial charge < -0.3 is 8.98 Å². The van der Waals surface area contributed by atoms with Gasteiger partial charge in [-0.1, -0.05) is 182 Å². The van der Waals surface area contributed by atoms with Gasteiger partial charge in [0.25, 0.3) is 0 Å². The minimum atomic E-state index is -2.15. The monoisotopic (exact) mass is 1260 g/mol. The number of pyridine rings is 1. The number of rotatable bonds is 9. The maximum Gasteiger partial charge on any atom is 0 e. The van der Waals surface area contributed by atoms with Gasteiger partial charge in [-0.25, -0.2) is 0 Å². The van der Waals surface area contributed by atoms with E-state index in [0.717, 1.165) is 117 Å². The number of benzene rings is 10. The number of furan rings is 1. The summed E-state index contributed by atoms with van der Waals surface area (Å²) in [6.07, 6.45) is 1.94. The molecule has 0 amide bonds. The third-order valence-corrected chi connectivity index (χ3v) is 19.3. The summed E-state index contributed by atoms with van der Waals surface area (Å²) in [6.45, 7) is 8.28. The van der Waals surface area contributed by atoms with Crippen LogP contribution in [0.5, 0.6) is 0 Å². The van der Waals surface area contributed by atoms with E-state index in [-0.39, 0.29) is 31.8 Å². The molecule has 0 N–H and O–H groups in total. The van der Waals surface area contributed by atoms with Gasteiger partial charge in [0, 0.05) is 47.5 Å². The average Bonchev–Trinajstić information content (AvgIpc) is 3.91. The standard InChI is InChI=1S/C52H33N2O.C19H25FGeN.Ir/c1-33-25-28-45(51-48(33)44-30-27-38(32-47(44)55-51)35-17-7-3-8-18-35)52-53-49-42-23-13-11-21-40(42)41-22-12-14-24-43(41)50(49)54(52)46-31-37(34-15-5-2-6-16-34)26-29-39(46)36-19-9-4-10-20-36;1-13(2)14(3)17-11-19(15-7-9-16(20)10-8-15)22-12-18(17)21(4,5)6;/h2-27,29-32H,1H3;7,9-14H,1-6H3;/q2*-1;/i;14D;. The predicted octanol–water partition coefficient (Wildman–Crippen LogP) is 19.0. The van der Waals surface area contributed by atoms with Crippen molar-refractivity contribution in [3.8, 4) is 61.7 Å². The molecule has 78 heavy (non-hydrogen) atoms. The van der Waals surface area contributed by atoms with E-state index in [1.807, 2.05) is 25.3 Å². The number of aryl methyl sites for hydroxylation is 1. The number of nitrogens with zero attached hydrogens (tertiary/aromatic N) is 3. The summed E-state index contributed by atoms with van der Waals surface area (Å²) >= 11 is -2.15. The summed E-state index contributed by atoms with van der Waals surface area (Å²) in [5, 5.41) is 6.78. The average molecular weight is 1250 g/mol. The molecule has 7 heteroatoms. The van der Waals surface area contributed by atoms with Crippen molar-refractivity contribution >= 4 is 72.2 Å². The largest absolute Gasteiger partial charge is 0 e. The van der Waals surface area contributed by atoms with Crippen LogP contribution >= 0.6 is 0 Å². The van der Waals surface area contributed by atoms with Crippen LogP contribution in [-0.2, 0) is 20.1 Å². The van der Waals surface area contributed by atoms with Gasteiger partial charge in [-0.05, 0) is 50.7 Å². The number of imidazole rings is 1. The van der Waals surface area contributed by atoms with E-state index in [1.165, 1.54) is 27.3 Å². The summed E-state index contributed by atoms with van der Waals surface area (Å²) in [6, 6.07) is 77.6. The number of hydrogen-bond acceptors (Lipinski definition) is 3. The van der Waals surface area contributed by atoms with Crippen molar-refractivity contribution in [2.75, 3.05) is 0 Å². The molecule has 1 radical (unpaired) electrons. The van der Waals surface area contributed by atoms with Crippen molar-refractivity contribution in [1.29, 1.82) is 0 Å². The molecule has 1 atom stereocenters. The third-order valence-electron chi connectivity index (χ3n) is 15.1. The molecular formula is C71H58FGeIrN3O-2. The molecule has 13 rings (SSSR count). The van der Waals surface area contributed by atoms with E-state index in [0.29, 0.717) is 0 Å². The Hall–Kier alpha value is -7.74. The Balaban J connectivity index is 0.000000233. The van der Waals surface area contributed by atoms with Crippen LogP contribution in [0.4, 0.5) is 4.39 Å². The molecule has 0 aliphatic rings. The number of hydrogen-bond donors (Lipinski definition) is 0. The first kappa shape index (κ1) is 51.0. The Morgan fingerprint density at radius 2 is 1.19 bits per heavy atom. The minimum absolute atomic E-state index is 0. The van der Waals surface area contributed by atoms with Crippen LogP contribution in [0.2, 0.25) is 17.3 Å². The zero-order valence-corrected chi connectivity index (χ0v) is 49.2. The van der Waals surface area contributed by atoms with E-state index >= 15 is 0 Å². The second-order valence-corrected chi connectivity index (χ2v) is 31.9. The Morgan fingerprint density at radius 1 is 0.603 bits per heavy atom. The quantitative estimate of drug-likeness (QED) is 0.0822. The van der Waals surface area contributed by atoms with Crippen molar-refractivity contribution in [1.82, 2.24) is 14.5 Å². The second kappa shape index (κ2) is 21.6. The molecule has 0 saturated heterocycles. The van der Waals surface area contributed by atoms with Crippen molar-refractivity contribution in [3.05, 3.63) is 242 Å². The van der Waals surface area contributed by atoms with E-state index < -0.39 is 19.2 Å². The molecule has 0 aliphatic heterocycles. The molecule has 1 unspecified atom stereocenters. The molecule has 13 aromatic rings. The second-order valence-electron chi connectivity index (χ2n) is 21.4. The first-order chi connectivity index (χ1) is 37.7. The number of aromatic nitrogens is 3. The Bertz CT molecular complexity index is 4380. The zero-order chi connectivity index (χ0) is 53.9. The summed E-state index contributed by atoms with van der Waals surface area (Å²) in [5.74, 6) is 6.96. The van der Waals surface area contributed by atoms with Crippen molar-refractivity contribution in [2.45, 2.75) is 50.9 Å². The van der Waals surface area contributed by atoms with Gasteiger partial charge in [0.2, 0.25) is 0 Å². The third kappa shape index (κ3) is 9.72. The van der Waals surface area contributed by atoms with Crippen LogP contribution in [0.1, 0.15) is 39.2 Å². The zero-order valence-electron chi connectivity index (χ0n) is 45.7. The summed E-state index contributed by atoms with van der Waals surface area (Å²) < 4.78 is 32.6. The van der Waals surface area contributed by atoms with Crippen molar-refractivity contribution in [3.63, 3.8) is 0 Å². The van der Waals surface area contributed by atoms with Crippen molar-refractivity contribution in [2.24, 2.45) is 5.92 Å². The van der Waals surface area contributed by atoms with Crippen LogP contribution in [0.15, 0.2) is 217 Å². The molecule has 3 heterocycles. The van der Waals surface area contributed by atoms with E-state index in [9.17, 15) is 4.39 Å². The maximum atomic E-state index is 13.1.